The van der Waals surface area contributed by atoms with Gasteiger partial charge in [-0.05, 0) is 18.9 Å². The zero-order valence-corrected chi connectivity index (χ0v) is 9.74. The van der Waals surface area contributed by atoms with E-state index in [0.717, 1.165) is 12.1 Å². The minimum Gasteiger partial charge on any atom is -0.481 e. The van der Waals surface area contributed by atoms with Crippen molar-refractivity contribution in [1.82, 2.24) is 0 Å². The molecule has 1 fully saturated rings. The topological polar surface area (TPSA) is 124 Å². The Morgan fingerprint density at radius 1 is 1.21 bits per heavy atom. The van der Waals surface area contributed by atoms with Crippen LogP contribution in [-0.4, -0.2) is 20.9 Å². The number of nitro benzene ring substituents is 2. The molecule has 2 rings (SSSR count). The summed E-state index contributed by atoms with van der Waals surface area (Å²) in [6.07, 6.45) is 1.28. The van der Waals surface area contributed by atoms with Crippen molar-refractivity contribution < 1.29 is 19.7 Å². The van der Waals surface area contributed by atoms with Crippen LogP contribution in [0.15, 0.2) is 18.2 Å². The van der Waals surface area contributed by atoms with E-state index >= 15 is 0 Å². The number of carbonyl (C=O) groups is 1. The highest BCUT2D eigenvalue weighted by Gasteiger charge is 2.49. The number of aliphatic carboxylic acids is 1. The number of carboxylic acid groups (broad SMARTS) is 1. The van der Waals surface area contributed by atoms with Gasteiger partial charge in [-0.2, -0.15) is 0 Å². The number of nitrogens with zero attached hydrogens (tertiary/aromatic N) is 2. The molecular formula is C11H10N2O6. The van der Waals surface area contributed by atoms with Crippen molar-refractivity contribution in [1.29, 1.82) is 0 Å². The molecule has 0 heterocycles. The first-order chi connectivity index (χ1) is 8.88. The number of benzene rings is 1. The molecule has 0 aromatic heterocycles. The average Bonchev–Trinajstić information content (AvgIpc) is 2.26. The standard InChI is InChI=1S/C11H10N2O6/c14-10(15)11(4-1-5-11)8-3-2-7(12(16)17)6-9(8)13(18)19/h2-3,6H,1,4-5H2,(H,14,15). The van der Waals surface area contributed by atoms with E-state index in [4.69, 9.17) is 0 Å². The molecule has 0 atom stereocenters. The van der Waals surface area contributed by atoms with E-state index in [1.165, 1.54) is 6.07 Å². The Bertz CT molecular complexity index is 579. The van der Waals surface area contributed by atoms with E-state index in [1.807, 2.05) is 0 Å². The van der Waals surface area contributed by atoms with E-state index in [0.29, 0.717) is 19.3 Å². The first-order valence-electron chi connectivity index (χ1n) is 5.55. The van der Waals surface area contributed by atoms with Gasteiger partial charge in [0.1, 0.15) is 0 Å². The van der Waals surface area contributed by atoms with Crippen LogP contribution in [-0.2, 0) is 10.2 Å². The van der Waals surface area contributed by atoms with Crippen LogP contribution in [0.25, 0.3) is 0 Å². The van der Waals surface area contributed by atoms with E-state index in [-0.39, 0.29) is 5.56 Å². The van der Waals surface area contributed by atoms with E-state index in [1.54, 1.807) is 0 Å². The second-order valence-electron chi connectivity index (χ2n) is 4.46. The van der Waals surface area contributed by atoms with Gasteiger partial charge in [0.05, 0.1) is 21.3 Å². The monoisotopic (exact) mass is 266 g/mol. The largest absolute Gasteiger partial charge is 0.481 e. The summed E-state index contributed by atoms with van der Waals surface area (Å²) >= 11 is 0. The Morgan fingerprint density at radius 2 is 1.84 bits per heavy atom. The van der Waals surface area contributed by atoms with Crippen LogP contribution in [0, 0.1) is 20.2 Å². The normalized spacial score (nSPS) is 16.4. The third-order valence-corrected chi connectivity index (χ3v) is 3.52. The Kier molecular flexibility index (Phi) is 2.93. The molecule has 0 spiro atoms. The highest BCUT2D eigenvalue weighted by Crippen LogP contribution is 2.47. The fourth-order valence-electron chi connectivity index (χ4n) is 2.32. The number of rotatable bonds is 4. The Morgan fingerprint density at radius 3 is 2.21 bits per heavy atom. The Hall–Kier alpha value is -2.51. The quantitative estimate of drug-likeness (QED) is 0.656. The summed E-state index contributed by atoms with van der Waals surface area (Å²) in [4.78, 5) is 31.4. The zero-order valence-electron chi connectivity index (χ0n) is 9.74. The van der Waals surface area contributed by atoms with Gasteiger partial charge in [-0.25, -0.2) is 0 Å². The Balaban J connectivity index is 2.60. The highest BCUT2D eigenvalue weighted by atomic mass is 16.6. The minimum atomic E-state index is -1.28. The lowest BCUT2D eigenvalue weighted by Gasteiger charge is -2.37. The van der Waals surface area contributed by atoms with Crippen LogP contribution in [0.2, 0.25) is 0 Å². The van der Waals surface area contributed by atoms with Gasteiger partial charge in [0.2, 0.25) is 0 Å². The van der Waals surface area contributed by atoms with Crippen molar-refractivity contribution in [3.05, 3.63) is 44.0 Å². The SMILES string of the molecule is O=C(O)C1(c2ccc([N+](=O)[O-])cc2[N+](=O)[O-])CCC1. The summed E-state index contributed by atoms with van der Waals surface area (Å²) in [6.45, 7) is 0. The van der Waals surface area contributed by atoms with Crippen LogP contribution >= 0.6 is 0 Å². The van der Waals surface area contributed by atoms with Crippen LogP contribution in [0.4, 0.5) is 11.4 Å². The second kappa shape index (κ2) is 4.30. The molecule has 8 nitrogen and oxygen atoms in total. The molecule has 1 aliphatic carbocycles. The number of carboxylic acids is 1. The molecule has 19 heavy (non-hydrogen) atoms. The average molecular weight is 266 g/mol. The van der Waals surface area contributed by atoms with Gasteiger partial charge in [0, 0.05) is 11.6 Å². The smallest absolute Gasteiger partial charge is 0.314 e. The molecule has 100 valence electrons. The maximum atomic E-state index is 11.3. The molecule has 8 heteroatoms. The fourth-order valence-corrected chi connectivity index (χ4v) is 2.32. The number of hydrogen-bond donors (Lipinski definition) is 1. The number of non-ortho nitro benzene ring substituents is 1. The summed E-state index contributed by atoms with van der Waals surface area (Å²) in [5.74, 6) is -1.13. The summed E-state index contributed by atoms with van der Waals surface area (Å²) < 4.78 is 0. The van der Waals surface area contributed by atoms with Crippen molar-refractivity contribution >= 4 is 17.3 Å². The molecular weight excluding hydrogens is 256 g/mol. The number of nitro groups is 2. The summed E-state index contributed by atoms with van der Waals surface area (Å²) in [6, 6.07) is 3.10. The highest BCUT2D eigenvalue weighted by molar-refractivity contribution is 5.84. The lowest BCUT2D eigenvalue weighted by Crippen LogP contribution is -2.42. The maximum absolute atomic E-state index is 11.3. The van der Waals surface area contributed by atoms with Gasteiger partial charge in [-0.3, -0.25) is 25.0 Å². The first kappa shape index (κ1) is 12.9. The van der Waals surface area contributed by atoms with Gasteiger partial charge >= 0.3 is 5.97 Å². The second-order valence-corrected chi connectivity index (χ2v) is 4.46. The fraction of sp³-hybridized carbons (Fsp3) is 0.364. The van der Waals surface area contributed by atoms with Crippen molar-refractivity contribution in [2.45, 2.75) is 24.7 Å². The molecule has 1 N–H and O–H groups in total. The molecule has 1 aromatic rings. The molecule has 0 amide bonds. The molecule has 1 aliphatic rings. The van der Waals surface area contributed by atoms with Crippen molar-refractivity contribution in [3.8, 4) is 0 Å². The predicted octanol–water partition coefficient (Wildman–Crippen LogP) is 2.01. The van der Waals surface area contributed by atoms with Gasteiger partial charge in [0.15, 0.2) is 0 Å². The van der Waals surface area contributed by atoms with Gasteiger partial charge in [-0.1, -0.05) is 6.42 Å². The summed E-state index contributed by atoms with van der Waals surface area (Å²) in [5.41, 5.74) is -2.16. The molecule has 0 aliphatic heterocycles. The lowest BCUT2D eigenvalue weighted by atomic mass is 9.64. The van der Waals surface area contributed by atoms with Crippen molar-refractivity contribution in [2.75, 3.05) is 0 Å². The first-order valence-corrected chi connectivity index (χ1v) is 5.55. The third-order valence-electron chi connectivity index (χ3n) is 3.52. The molecule has 0 saturated heterocycles. The third kappa shape index (κ3) is 1.90. The van der Waals surface area contributed by atoms with Crippen LogP contribution in [0.3, 0.4) is 0 Å². The molecule has 1 saturated carbocycles. The van der Waals surface area contributed by atoms with Crippen molar-refractivity contribution in [2.24, 2.45) is 0 Å². The summed E-state index contributed by atoms with van der Waals surface area (Å²) in [5, 5.41) is 30.9. The minimum absolute atomic E-state index is 0.0434. The van der Waals surface area contributed by atoms with Gasteiger partial charge in [0.25, 0.3) is 11.4 Å². The molecule has 1 aromatic carbocycles. The molecule has 0 unspecified atom stereocenters. The van der Waals surface area contributed by atoms with Crippen molar-refractivity contribution in [3.63, 3.8) is 0 Å². The van der Waals surface area contributed by atoms with Gasteiger partial charge < -0.3 is 5.11 Å². The maximum Gasteiger partial charge on any atom is 0.314 e. The van der Waals surface area contributed by atoms with E-state index < -0.39 is 32.6 Å². The molecule has 0 radical (unpaired) electrons. The number of hydrogen-bond acceptors (Lipinski definition) is 5. The van der Waals surface area contributed by atoms with Crippen LogP contribution < -0.4 is 0 Å². The van der Waals surface area contributed by atoms with Crippen LogP contribution in [0.1, 0.15) is 24.8 Å². The lowest BCUT2D eigenvalue weighted by molar-refractivity contribution is -0.395. The Labute approximate surface area is 107 Å². The van der Waals surface area contributed by atoms with Gasteiger partial charge in [-0.15, -0.1) is 0 Å². The molecule has 0 bridgehead atoms. The zero-order chi connectivity index (χ0) is 14.2. The summed E-state index contributed by atoms with van der Waals surface area (Å²) in [7, 11) is 0. The predicted molar refractivity (Wildman–Crippen MR) is 62.9 cm³/mol. The van der Waals surface area contributed by atoms with Crippen LogP contribution in [0.5, 0.6) is 0 Å². The van der Waals surface area contributed by atoms with E-state index in [9.17, 15) is 30.1 Å². The van der Waals surface area contributed by atoms with E-state index in [2.05, 4.69) is 0 Å².